The van der Waals surface area contributed by atoms with E-state index in [1.165, 1.54) is 36.3 Å². The Hall–Kier alpha value is -3.84. The molecule has 1 unspecified atom stereocenters. The number of hydrogen-bond acceptors (Lipinski definition) is 6. The van der Waals surface area contributed by atoms with E-state index in [-0.39, 0.29) is 29.2 Å². The number of ether oxygens (including phenoxy) is 1. The third kappa shape index (κ3) is 3.90. The molecule has 0 bridgehead atoms. The lowest BCUT2D eigenvalue weighted by molar-refractivity contribution is -0.140. The molecule has 32 heavy (non-hydrogen) atoms. The van der Waals surface area contributed by atoms with Crippen molar-refractivity contribution in [3.05, 3.63) is 94.3 Å². The molecule has 1 fully saturated rings. The zero-order valence-corrected chi connectivity index (χ0v) is 17.8. The van der Waals surface area contributed by atoms with Crippen LogP contribution in [0.15, 0.2) is 72.6 Å². The Labute approximate surface area is 189 Å². The molecule has 1 aliphatic rings. The number of aromatic hydroxyl groups is 1. The quantitative estimate of drug-likeness (QED) is 0.345. The van der Waals surface area contributed by atoms with Gasteiger partial charge in [-0.1, -0.05) is 29.8 Å². The van der Waals surface area contributed by atoms with Crippen LogP contribution < -0.4 is 4.74 Å². The van der Waals surface area contributed by atoms with Gasteiger partial charge in [0.25, 0.3) is 11.7 Å². The maximum Gasteiger partial charge on any atom is 0.295 e. The Balaban J connectivity index is 1.87. The van der Waals surface area contributed by atoms with Gasteiger partial charge in [0.2, 0.25) is 0 Å². The van der Waals surface area contributed by atoms with Gasteiger partial charge in [0.05, 0.1) is 23.7 Å². The highest BCUT2D eigenvalue weighted by atomic mass is 35.5. The van der Waals surface area contributed by atoms with E-state index >= 15 is 0 Å². The Bertz CT molecular complexity index is 1210. The molecule has 0 saturated carbocycles. The summed E-state index contributed by atoms with van der Waals surface area (Å²) in [5.74, 6) is -1.53. The number of aliphatic hydroxyl groups excluding tert-OH is 1. The van der Waals surface area contributed by atoms with E-state index in [4.69, 9.17) is 16.3 Å². The summed E-state index contributed by atoms with van der Waals surface area (Å²) in [5.41, 5.74) is 1.52. The summed E-state index contributed by atoms with van der Waals surface area (Å²) in [6.45, 7) is 0.116. The number of halogens is 1. The highest BCUT2D eigenvalue weighted by Gasteiger charge is 2.46. The SMILES string of the molecule is COc1cc(/C(O)=C2/C(=O)C(=O)N(Cc3cccnc3)C2c2ccc(O)cc2)ccc1Cl. The van der Waals surface area contributed by atoms with Gasteiger partial charge >= 0.3 is 0 Å². The van der Waals surface area contributed by atoms with Crippen molar-refractivity contribution in [1.82, 2.24) is 9.88 Å². The molecular weight excluding hydrogens is 432 g/mol. The minimum absolute atomic E-state index is 0.0420. The first-order chi connectivity index (χ1) is 15.4. The molecule has 8 heteroatoms. The molecule has 0 spiro atoms. The van der Waals surface area contributed by atoms with Gasteiger partial charge in [0, 0.05) is 24.5 Å². The first-order valence-corrected chi connectivity index (χ1v) is 10.1. The van der Waals surface area contributed by atoms with Gasteiger partial charge in [-0.3, -0.25) is 14.6 Å². The van der Waals surface area contributed by atoms with Crippen molar-refractivity contribution in [2.75, 3.05) is 7.11 Å². The molecule has 2 aromatic carbocycles. The van der Waals surface area contributed by atoms with Crippen molar-refractivity contribution in [2.24, 2.45) is 0 Å². The van der Waals surface area contributed by atoms with Crippen LogP contribution in [0.3, 0.4) is 0 Å². The van der Waals surface area contributed by atoms with E-state index < -0.39 is 17.7 Å². The number of aliphatic hydroxyl groups is 1. The molecule has 2 N–H and O–H groups in total. The number of likely N-dealkylation sites (tertiary alicyclic amines) is 1. The summed E-state index contributed by atoms with van der Waals surface area (Å²) < 4.78 is 5.21. The van der Waals surface area contributed by atoms with Gasteiger partial charge < -0.3 is 19.8 Å². The highest BCUT2D eigenvalue weighted by molar-refractivity contribution is 6.46. The standard InChI is InChI=1S/C24H19ClN2O5/c1-32-19-11-16(6-9-18(19)25)22(29)20-21(15-4-7-17(28)8-5-15)27(24(31)23(20)30)13-14-3-2-10-26-12-14/h2-12,21,28-29H,13H2,1H3/b22-20-. The second-order valence-electron chi connectivity index (χ2n) is 7.23. The number of hydrogen-bond donors (Lipinski definition) is 2. The van der Waals surface area contributed by atoms with Crippen molar-refractivity contribution in [1.29, 1.82) is 0 Å². The van der Waals surface area contributed by atoms with Crippen LogP contribution in [0, 0.1) is 0 Å². The Morgan fingerprint density at radius 2 is 1.91 bits per heavy atom. The fourth-order valence-electron chi connectivity index (χ4n) is 3.70. The van der Waals surface area contributed by atoms with Crippen LogP contribution in [0.2, 0.25) is 5.02 Å². The van der Waals surface area contributed by atoms with Crippen LogP contribution in [0.4, 0.5) is 0 Å². The molecule has 1 aromatic heterocycles. The molecule has 1 aliphatic heterocycles. The van der Waals surface area contributed by atoms with Gasteiger partial charge in [-0.25, -0.2) is 0 Å². The fraction of sp³-hybridized carbons (Fsp3) is 0.125. The molecule has 0 radical (unpaired) electrons. The zero-order chi connectivity index (χ0) is 22.8. The second kappa shape index (κ2) is 8.72. The monoisotopic (exact) mass is 450 g/mol. The summed E-state index contributed by atoms with van der Waals surface area (Å²) in [5, 5.41) is 21.2. The molecule has 2 heterocycles. The molecule has 1 atom stereocenters. The molecule has 1 amide bonds. The second-order valence-corrected chi connectivity index (χ2v) is 7.64. The number of aromatic nitrogens is 1. The van der Waals surface area contributed by atoms with E-state index in [0.29, 0.717) is 16.3 Å². The van der Waals surface area contributed by atoms with E-state index in [9.17, 15) is 19.8 Å². The molecular formula is C24H19ClN2O5. The van der Waals surface area contributed by atoms with Gasteiger partial charge in [0.1, 0.15) is 17.3 Å². The van der Waals surface area contributed by atoms with Crippen molar-refractivity contribution < 1.29 is 24.5 Å². The number of amides is 1. The van der Waals surface area contributed by atoms with Crippen molar-refractivity contribution in [3.8, 4) is 11.5 Å². The minimum atomic E-state index is -0.863. The number of Topliss-reactive ketones (excluding diaryl/α,β-unsaturated/α-hetero) is 1. The van der Waals surface area contributed by atoms with Crippen molar-refractivity contribution >= 4 is 29.1 Å². The van der Waals surface area contributed by atoms with Crippen LogP contribution in [-0.2, 0) is 16.1 Å². The predicted molar refractivity (Wildman–Crippen MR) is 118 cm³/mol. The van der Waals surface area contributed by atoms with E-state index in [0.717, 1.165) is 5.56 Å². The van der Waals surface area contributed by atoms with Crippen molar-refractivity contribution in [3.63, 3.8) is 0 Å². The minimum Gasteiger partial charge on any atom is -0.508 e. The van der Waals surface area contributed by atoms with Crippen LogP contribution in [0.1, 0.15) is 22.7 Å². The number of carbonyl (C=O) groups is 2. The largest absolute Gasteiger partial charge is 0.508 e. The van der Waals surface area contributed by atoms with Crippen molar-refractivity contribution in [2.45, 2.75) is 12.6 Å². The van der Waals surface area contributed by atoms with Gasteiger partial charge in [-0.2, -0.15) is 0 Å². The first-order valence-electron chi connectivity index (χ1n) is 9.71. The lowest BCUT2D eigenvalue weighted by atomic mass is 9.95. The van der Waals surface area contributed by atoms with Gasteiger partial charge in [0.15, 0.2) is 0 Å². The lowest BCUT2D eigenvalue weighted by Crippen LogP contribution is -2.29. The smallest absolute Gasteiger partial charge is 0.295 e. The number of ketones is 1. The topological polar surface area (TPSA) is 100.0 Å². The van der Waals surface area contributed by atoms with Crippen LogP contribution in [0.5, 0.6) is 11.5 Å². The molecule has 4 rings (SSSR count). The summed E-state index contributed by atoms with van der Waals surface area (Å²) in [6, 6.07) is 13.4. The predicted octanol–water partition coefficient (Wildman–Crippen LogP) is 4.07. The van der Waals surface area contributed by atoms with Gasteiger partial charge in [-0.15, -0.1) is 0 Å². The number of nitrogens with zero attached hydrogens (tertiary/aromatic N) is 2. The Morgan fingerprint density at radius 3 is 2.56 bits per heavy atom. The summed E-state index contributed by atoms with van der Waals surface area (Å²) in [7, 11) is 1.44. The number of phenols is 1. The van der Waals surface area contributed by atoms with Crippen LogP contribution >= 0.6 is 11.6 Å². The maximum absolute atomic E-state index is 13.1. The molecule has 0 aliphatic carbocycles. The fourth-order valence-corrected chi connectivity index (χ4v) is 3.89. The molecule has 1 saturated heterocycles. The Morgan fingerprint density at radius 1 is 1.16 bits per heavy atom. The molecule has 162 valence electrons. The summed E-state index contributed by atoms with van der Waals surface area (Å²) in [4.78, 5) is 31.5. The third-order valence-electron chi connectivity index (χ3n) is 5.25. The third-order valence-corrected chi connectivity index (χ3v) is 5.56. The average molecular weight is 451 g/mol. The number of carbonyl (C=O) groups excluding carboxylic acids is 2. The number of pyridine rings is 1. The van der Waals surface area contributed by atoms with E-state index in [1.54, 1.807) is 42.7 Å². The van der Waals surface area contributed by atoms with E-state index in [2.05, 4.69) is 4.98 Å². The Kier molecular flexibility index (Phi) is 5.83. The van der Waals surface area contributed by atoms with E-state index in [1.807, 2.05) is 0 Å². The number of benzene rings is 2. The maximum atomic E-state index is 13.1. The summed E-state index contributed by atoms with van der Waals surface area (Å²) in [6.07, 6.45) is 3.22. The summed E-state index contributed by atoms with van der Waals surface area (Å²) >= 11 is 6.08. The number of methoxy groups -OCH3 is 1. The normalized spacial score (nSPS) is 17.6. The molecule has 3 aromatic rings. The van der Waals surface area contributed by atoms with Crippen LogP contribution in [-0.4, -0.2) is 38.9 Å². The lowest BCUT2D eigenvalue weighted by Gasteiger charge is -2.25. The number of phenolic OH excluding ortho intramolecular Hbond substituents is 1. The average Bonchev–Trinajstić information content (AvgIpc) is 3.05. The number of rotatable bonds is 5. The molecule has 7 nitrogen and oxygen atoms in total. The highest BCUT2D eigenvalue weighted by Crippen LogP contribution is 2.41. The van der Waals surface area contributed by atoms with Gasteiger partial charge in [-0.05, 0) is 47.5 Å². The van der Waals surface area contributed by atoms with Crippen LogP contribution in [0.25, 0.3) is 5.76 Å². The first kappa shape index (κ1) is 21.4. The zero-order valence-electron chi connectivity index (χ0n) is 17.0.